The number of pyridine rings is 2. The maximum Gasteiger partial charge on any atom is 0.252 e. The molecule has 2 aromatic heterocycles. The molecule has 0 aliphatic rings. The molecule has 0 saturated carbocycles. The number of carbonyl (C=O) groups excluding carboxylic acids is 1. The molecule has 134 valence electrons. The number of amides is 1. The van der Waals surface area contributed by atoms with E-state index in [0.29, 0.717) is 12.1 Å². The molecule has 0 bridgehead atoms. The number of unbranched alkanes of at least 4 members (excludes halogenated alkanes) is 3. The van der Waals surface area contributed by atoms with Crippen molar-refractivity contribution in [2.45, 2.75) is 39.5 Å². The largest absolute Gasteiger partial charge is 0.352 e. The van der Waals surface area contributed by atoms with Crippen LogP contribution in [0.25, 0.3) is 22.2 Å². The molecule has 0 spiro atoms. The van der Waals surface area contributed by atoms with Crippen LogP contribution in [0.15, 0.2) is 48.8 Å². The van der Waals surface area contributed by atoms with E-state index >= 15 is 0 Å². The van der Waals surface area contributed by atoms with Gasteiger partial charge in [0.15, 0.2) is 0 Å². The van der Waals surface area contributed by atoms with Crippen LogP contribution in [0, 0.1) is 6.92 Å². The highest BCUT2D eigenvalue weighted by atomic mass is 16.1. The van der Waals surface area contributed by atoms with Crippen molar-refractivity contribution in [1.82, 2.24) is 15.3 Å². The summed E-state index contributed by atoms with van der Waals surface area (Å²) in [6.45, 7) is 4.92. The highest BCUT2D eigenvalue weighted by molar-refractivity contribution is 6.07. The number of nitrogens with zero attached hydrogens (tertiary/aromatic N) is 2. The van der Waals surface area contributed by atoms with E-state index in [1.54, 1.807) is 12.4 Å². The molecule has 1 amide bonds. The van der Waals surface area contributed by atoms with Gasteiger partial charge in [0.25, 0.3) is 5.91 Å². The standard InChI is InChI=1S/C22H25N3O/c1-3-4-5-6-11-24-22(26)19-15-21(17-9-12-23-13-10-17)25-20-8-7-16(2)14-18(19)20/h7-10,12-15H,3-6,11H2,1-2H3,(H,24,26). The summed E-state index contributed by atoms with van der Waals surface area (Å²) in [5.41, 5.74) is 4.38. The second-order valence-electron chi connectivity index (χ2n) is 6.63. The Morgan fingerprint density at radius 2 is 1.85 bits per heavy atom. The van der Waals surface area contributed by atoms with E-state index in [4.69, 9.17) is 4.98 Å². The molecular formula is C22H25N3O. The number of rotatable bonds is 7. The van der Waals surface area contributed by atoms with Crippen molar-refractivity contribution < 1.29 is 4.79 Å². The van der Waals surface area contributed by atoms with Crippen LogP contribution < -0.4 is 5.32 Å². The average Bonchev–Trinajstić information content (AvgIpc) is 2.67. The maximum atomic E-state index is 12.8. The number of hydrogen-bond acceptors (Lipinski definition) is 3. The van der Waals surface area contributed by atoms with Crippen LogP contribution in [-0.4, -0.2) is 22.4 Å². The molecular weight excluding hydrogens is 322 g/mol. The Hall–Kier alpha value is -2.75. The first kappa shape index (κ1) is 18.1. The Bertz CT molecular complexity index is 891. The van der Waals surface area contributed by atoms with Gasteiger partial charge in [-0.25, -0.2) is 4.98 Å². The van der Waals surface area contributed by atoms with Crippen LogP contribution in [0.1, 0.15) is 48.5 Å². The van der Waals surface area contributed by atoms with Gasteiger partial charge in [0, 0.05) is 29.9 Å². The molecule has 0 aliphatic carbocycles. The van der Waals surface area contributed by atoms with Crippen molar-refractivity contribution in [3.05, 3.63) is 59.9 Å². The first-order valence-corrected chi connectivity index (χ1v) is 9.29. The van der Waals surface area contributed by atoms with E-state index < -0.39 is 0 Å². The van der Waals surface area contributed by atoms with Crippen molar-refractivity contribution in [2.75, 3.05) is 6.54 Å². The van der Waals surface area contributed by atoms with Gasteiger partial charge in [0.1, 0.15) is 0 Å². The van der Waals surface area contributed by atoms with Crippen LogP contribution in [0.5, 0.6) is 0 Å². The van der Waals surface area contributed by atoms with Crippen LogP contribution in [0.3, 0.4) is 0 Å². The molecule has 3 aromatic rings. The summed E-state index contributed by atoms with van der Waals surface area (Å²) in [4.78, 5) is 21.6. The topological polar surface area (TPSA) is 54.9 Å². The molecule has 0 aliphatic heterocycles. The molecule has 0 saturated heterocycles. The molecule has 0 radical (unpaired) electrons. The van der Waals surface area contributed by atoms with E-state index in [9.17, 15) is 4.79 Å². The summed E-state index contributed by atoms with van der Waals surface area (Å²) in [6.07, 6.45) is 8.04. The number of aryl methyl sites for hydroxylation is 1. The minimum absolute atomic E-state index is 0.0326. The molecule has 0 atom stereocenters. The number of nitrogens with one attached hydrogen (secondary N) is 1. The van der Waals surface area contributed by atoms with Crippen LogP contribution in [-0.2, 0) is 0 Å². The van der Waals surface area contributed by atoms with Crippen molar-refractivity contribution in [3.63, 3.8) is 0 Å². The van der Waals surface area contributed by atoms with Gasteiger partial charge in [-0.05, 0) is 43.7 Å². The summed E-state index contributed by atoms with van der Waals surface area (Å²) in [6, 6.07) is 11.7. The van der Waals surface area contributed by atoms with Gasteiger partial charge in [0.05, 0.1) is 16.8 Å². The Morgan fingerprint density at radius 1 is 1.04 bits per heavy atom. The average molecular weight is 347 g/mol. The third kappa shape index (κ3) is 4.26. The predicted octanol–water partition coefficient (Wildman–Crippen LogP) is 4.92. The van der Waals surface area contributed by atoms with Crippen LogP contribution in [0.4, 0.5) is 0 Å². The summed E-state index contributed by atoms with van der Waals surface area (Å²) in [7, 11) is 0. The number of carbonyl (C=O) groups is 1. The summed E-state index contributed by atoms with van der Waals surface area (Å²) in [5.74, 6) is -0.0326. The lowest BCUT2D eigenvalue weighted by molar-refractivity contribution is 0.0954. The maximum absolute atomic E-state index is 12.8. The molecule has 26 heavy (non-hydrogen) atoms. The summed E-state index contributed by atoms with van der Waals surface area (Å²) < 4.78 is 0. The van der Waals surface area contributed by atoms with Gasteiger partial charge in [-0.15, -0.1) is 0 Å². The van der Waals surface area contributed by atoms with E-state index in [1.165, 1.54) is 12.8 Å². The minimum Gasteiger partial charge on any atom is -0.352 e. The molecule has 0 unspecified atom stereocenters. The highest BCUT2D eigenvalue weighted by Gasteiger charge is 2.14. The molecule has 0 fully saturated rings. The fraction of sp³-hybridized carbons (Fsp3) is 0.318. The Morgan fingerprint density at radius 3 is 2.62 bits per heavy atom. The van der Waals surface area contributed by atoms with Crippen LogP contribution in [0.2, 0.25) is 0 Å². The van der Waals surface area contributed by atoms with Gasteiger partial charge in [-0.2, -0.15) is 0 Å². The van der Waals surface area contributed by atoms with Crippen molar-refractivity contribution >= 4 is 16.8 Å². The molecule has 4 heteroatoms. The Balaban J connectivity index is 1.93. The van der Waals surface area contributed by atoms with Crippen LogP contribution >= 0.6 is 0 Å². The Labute approximate surface area is 154 Å². The second-order valence-corrected chi connectivity index (χ2v) is 6.63. The molecule has 4 nitrogen and oxygen atoms in total. The van der Waals surface area contributed by atoms with E-state index in [-0.39, 0.29) is 5.91 Å². The quantitative estimate of drug-likeness (QED) is 0.618. The number of fused-ring (bicyclic) bond motifs is 1. The van der Waals surface area contributed by atoms with E-state index in [0.717, 1.165) is 40.6 Å². The van der Waals surface area contributed by atoms with Gasteiger partial charge in [0.2, 0.25) is 0 Å². The van der Waals surface area contributed by atoms with E-state index in [1.807, 2.05) is 43.3 Å². The lowest BCUT2D eigenvalue weighted by atomic mass is 10.0. The molecule has 1 aromatic carbocycles. The zero-order valence-corrected chi connectivity index (χ0v) is 15.5. The zero-order chi connectivity index (χ0) is 18.4. The molecule has 2 heterocycles. The predicted molar refractivity (Wildman–Crippen MR) is 106 cm³/mol. The second kappa shape index (κ2) is 8.56. The van der Waals surface area contributed by atoms with Crippen molar-refractivity contribution in [3.8, 4) is 11.3 Å². The smallest absolute Gasteiger partial charge is 0.252 e. The van der Waals surface area contributed by atoms with E-state index in [2.05, 4.69) is 17.2 Å². The van der Waals surface area contributed by atoms with Gasteiger partial charge in [-0.1, -0.05) is 37.8 Å². The van der Waals surface area contributed by atoms with Crippen molar-refractivity contribution in [2.24, 2.45) is 0 Å². The number of aromatic nitrogens is 2. The fourth-order valence-corrected chi connectivity index (χ4v) is 3.05. The highest BCUT2D eigenvalue weighted by Crippen LogP contribution is 2.25. The minimum atomic E-state index is -0.0326. The first-order valence-electron chi connectivity index (χ1n) is 9.29. The summed E-state index contributed by atoms with van der Waals surface area (Å²) >= 11 is 0. The van der Waals surface area contributed by atoms with Crippen molar-refractivity contribution in [1.29, 1.82) is 0 Å². The third-order valence-corrected chi connectivity index (χ3v) is 4.50. The Kier molecular flexibility index (Phi) is 5.95. The van der Waals surface area contributed by atoms with Gasteiger partial charge >= 0.3 is 0 Å². The van der Waals surface area contributed by atoms with Gasteiger partial charge in [-0.3, -0.25) is 9.78 Å². The number of hydrogen-bond donors (Lipinski definition) is 1. The fourth-order valence-electron chi connectivity index (χ4n) is 3.05. The normalized spacial score (nSPS) is 10.8. The zero-order valence-electron chi connectivity index (χ0n) is 15.5. The first-order chi connectivity index (χ1) is 12.7. The monoisotopic (exact) mass is 347 g/mol. The molecule has 1 N–H and O–H groups in total. The lowest BCUT2D eigenvalue weighted by Gasteiger charge is -2.11. The number of benzene rings is 1. The third-order valence-electron chi connectivity index (χ3n) is 4.50. The summed E-state index contributed by atoms with van der Waals surface area (Å²) in [5, 5.41) is 3.97. The van der Waals surface area contributed by atoms with Gasteiger partial charge < -0.3 is 5.32 Å². The lowest BCUT2D eigenvalue weighted by Crippen LogP contribution is -2.24. The SMILES string of the molecule is CCCCCCNC(=O)c1cc(-c2ccncc2)nc2ccc(C)cc12. The molecule has 3 rings (SSSR count).